The lowest BCUT2D eigenvalue weighted by Gasteiger charge is -2.51. The summed E-state index contributed by atoms with van der Waals surface area (Å²) in [4.78, 5) is 58.8. The Morgan fingerprint density at radius 2 is 0.311 bits per heavy atom. The number of hydrogen-bond acceptors (Lipinski definition) is 45. The first kappa shape index (κ1) is 102. The van der Waals surface area contributed by atoms with E-state index in [0.717, 1.165) is 58.8 Å². The number of carboxylic acid groups (broad SMARTS) is 5. The molecule has 30 aliphatic rings. The maximum Gasteiger partial charge on any atom is 0.304 e. The molecule has 0 spiro atoms. The first-order valence-electron chi connectivity index (χ1n) is 38.8. The molecule has 30 heterocycles. The van der Waals surface area contributed by atoms with Gasteiger partial charge in [0.2, 0.25) is 0 Å². The molecular formula is C69H112O42S8. The molecule has 16 bridgehead atoms. The predicted molar refractivity (Wildman–Crippen MR) is 421 cm³/mol. The zero-order chi connectivity index (χ0) is 86.8. The highest BCUT2D eigenvalue weighted by Gasteiger charge is 2.61. The Hall–Kier alpha value is -1.13. The number of rotatable bonds is 34. The molecule has 0 aromatic heterocycles. The monoisotopic (exact) mass is 1870 g/mol. The molecule has 0 amide bonds. The molecule has 0 aromatic rings. The van der Waals surface area contributed by atoms with Gasteiger partial charge in [0.25, 0.3) is 0 Å². The number of ether oxygens (including phenoxy) is 16. The number of aliphatic hydroxyl groups excluding tert-OH is 16. The Balaban J connectivity index is 1.09. The van der Waals surface area contributed by atoms with E-state index < -0.39 is 295 Å². The van der Waals surface area contributed by atoms with Crippen molar-refractivity contribution >= 4 is 124 Å². The van der Waals surface area contributed by atoms with Crippen molar-refractivity contribution in [2.24, 2.45) is 0 Å². The van der Waals surface area contributed by atoms with Crippen LogP contribution in [0.4, 0.5) is 0 Å². The van der Waals surface area contributed by atoms with Crippen molar-refractivity contribution in [3.8, 4) is 0 Å². The van der Waals surface area contributed by atoms with E-state index in [4.69, 9.17) is 75.8 Å². The third-order valence-electron chi connectivity index (χ3n) is 20.6. The summed E-state index contributed by atoms with van der Waals surface area (Å²) < 4.78 is 101. The number of thioether (sulfide) groups is 8. The second-order valence-corrected chi connectivity index (χ2v) is 38.8. The number of aliphatic hydroxyl groups is 16. The SMILES string of the molecule is CCSC[C@H]1O[C@@H]2OC3[C@@H](CSCC)O[C@H](OC4[C@@H](CSCCC(=O)O)O[C@H](OC5[C@@H](CSCCC(=O)O)O[C@H](OC6[C@@H](CSCCC(=O)O)O[C@H](OC7[C@@H](CSCCC(=O)O)O[C@H](OC8[C@@H](CSCCC(=O)O)O[C@H](OC9[C@@H](CSCC)O[C@H](OC1[C@H](O)[C@H]2O)[C@H](O)[C@H]9O)[C@H](O)[C@H]8O)[C@H](O)[C@H]7O)[C@H](O)[C@H]6O)[C@H](O)[C@H]5O)[C@H](O)[C@H]4O)[C@H](O)[C@H]3O. The molecule has 0 aromatic carbocycles. The second-order valence-electron chi connectivity index (χ2n) is 29.1. The Morgan fingerprint density at radius 1 is 0.193 bits per heavy atom. The van der Waals surface area contributed by atoms with Gasteiger partial charge in [-0.05, 0) is 17.3 Å². The number of aliphatic carboxylic acids is 5. The van der Waals surface area contributed by atoms with Crippen molar-refractivity contribution in [1.82, 2.24) is 0 Å². The standard InChI is InChI=1S/C69H112O42S8/c1-4-112-17-25-54-38(80)46(88)62(96-25)105-55-26(18-113-5-2)98-64(48(90)40(55)82)107-57-28(20-115-12-7-33(70)71)100-66(50(92)42(57)84)109-59-30(22-117-14-9-35(74)75)102-68(52(94)44(59)86)111-61-32(24-119-16-11-37(78)79)103-69(53(95)45(61)87)110-60-31(23-118-15-10-36(76)77)101-67(51(93)43(60)85)108-58-29(21-116-13-8-34(72)73)99-65(49(91)41(58)83)106-56-27(19-114-6-3)97-63(104-54)47(89)39(56)81/h25-32,38-69,80-95H,4-24H2,1-3H3,(H,70,71)(H,72,73)(H,74,75)(H,76,77)(H,78,79)/t25-,26-,27-,28-,29-,30-,31-,32-,38-,39-,40-,41-,42-,43-,44-,45-,46-,47-,48-,49-,50-,51-,52-,53-,54?,55?,56?,57?,58?,59?,60?,61?,62-,63-,64-,65-,66-,67-,68-,69-/m1/s1. The highest BCUT2D eigenvalue weighted by atomic mass is 32.2. The van der Waals surface area contributed by atoms with Crippen molar-refractivity contribution in [2.75, 3.05) is 92.0 Å². The fourth-order valence-corrected chi connectivity index (χ4v) is 21.4. The second kappa shape index (κ2) is 49.0. The van der Waals surface area contributed by atoms with Gasteiger partial charge in [0.15, 0.2) is 50.3 Å². The first-order chi connectivity index (χ1) is 56.7. The molecule has 42 nitrogen and oxygen atoms in total. The molecule has 688 valence electrons. The quantitative estimate of drug-likeness (QED) is 0.0267. The van der Waals surface area contributed by atoms with Gasteiger partial charge in [-0.25, -0.2) is 0 Å². The van der Waals surface area contributed by atoms with E-state index in [1.165, 1.54) is 35.3 Å². The summed E-state index contributed by atoms with van der Waals surface area (Å²) in [7, 11) is 0. The van der Waals surface area contributed by atoms with Gasteiger partial charge in [-0.1, -0.05) is 20.8 Å². The van der Waals surface area contributed by atoms with E-state index in [1.807, 2.05) is 0 Å². The molecule has 30 saturated heterocycles. The van der Waals surface area contributed by atoms with Crippen LogP contribution in [0.2, 0.25) is 0 Å². The third-order valence-corrected chi connectivity index (χ3v) is 28.8. The summed E-state index contributed by atoms with van der Waals surface area (Å²) in [6.07, 6.45) is -78.1. The van der Waals surface area contributed by atoms with Crippen LogP contribution >= 0.6 is 94.1 Å². The smallest absolute Gasteiger partial charge is 0.304 e. The number of hydrogen-bond donors (Lipinski definition) is 21. The Kier molecular flexibility index (Phi) is 41.9. The van der Waals surface area contributed by atoms with Gasteiger partial charge in [-0.15, -0.1) is 0 Å². The fourth-order valence-electron chi connectivity index (χ4n) is 14.3. The van der Waals surface area contributed by atoms with E-state index in [1.54, 1.807) is 20.8 Å². The van der Waals surface area contributed by atoms with Crippen molar-refractivity contribution in [1.29, 1.82) is 0 Å². The van der Waals surface area contributed by atoms with E-state index in [9.17, 15) is 131 Å². The summed E-state index contributed by atoms with van der Waals surface area (Å²) in [5.74, 6) is -6.88. The minimum atomic E-state index is -2.27. The highest BCUT2D eigenvalue weighted by molar-refractivity contribution is 8.00. The molecule has 40 atom stereocenters. The van der Waals surface area contributed by atoms with E-state index >= 15 is 0 Å². The molecule has 30 rings (SSSR count). The summed E-state index contributed by atoms with van der Waals surface area (Å²) in [6, 6.07) is 0. The highest BCUT2D eigenvalue weighted by Crippen LogP contribution is 2.43. The third kappa shape index (κ3) is 27.3. The van der Waals surface area contributed by atoms with Crippen molar-refractivity contribution in [3.05, 3.63) is 0 Å². The fraction of sp³-hybridized carbons (Fsp3) is 0.928. The summed E-state index contributed by atoms with van der Waals surface area (Å²) in [5, 5.41) is 242. The molecule has 50 heteroatoms. The van der Waals surface area contributed by atoms with Gasteiger partial charge in [-0.2, -0.15) is 94.1 Å². The van der Waals surface area contributed by atoms with Crippen molar-refractivity contribution in [3.63, 3.8) is 0 Å². The Labute approximate surface area is 717 Å². The molecule has 119 heavy (non-hydrogen) atoms. The molecule has 0 aliphatic carbocycles. The Bertz CT molecular complexity index is 3050. The largest absolute Gasteiger partial charge is 0.481 e. The van der Waals surface area contributed by atoms with Gasteiger partial charge < -0.3 is 183 Å². The van der Waals surface area contributed by atoms with Gasteiger partial charge in [0.05, 0.1) is 80.9 Å². The normalized spacial score (nSPS) is 43.9. The topological polar surface area (TPSA) is 658 Å². The Morgan fingerprint density at radius 3 is 0.420 bits per heavy atom. The lowest BCUT2D eigenvalue weighted by atomic mass is 9.95. The molecule has 30 aliphatic heterocycles. The van der Waals surface area contributed by atoms with E-state index in [2.05, 4.69) is 0 Å². The van der Waals surface area contributed by atoms with Crippen LogP contribution in [-0.4, -0.2) is 475 Å². The van der Waals surface area contributed by atoms with Crippen LogP contribution in [0.5, 0.6) is 0 Å². The summed E-state index contributed by atoms with van der Waals surface area (Å²) >= 11 is 8.48. The van der Waals surface area contributed by atoms with Crippen LogP contribution in [0, 0.1) is 0 Å². The van der Waals surface area contributed by atoms with Gasteiger partial charge in [0.1, 0.15) is 146 Å². The number of carbonyl (C=O) groups is 5. The van der Waals surface area contributed by atoms with E-state index in [-0.39, 0.29) is 87.6 Å². The molecule has 30 fully saturated rings. The summed E-state index contributed by atoms with van der Waals surface area (Å²) in [6.45, 7) is 5.37. The van der Waals surface area contributed by atoms with Crippen LogP contribution < -0.4 is 0 Å². The summed E-state index contributed by atoms with van der Waals surface area (Å²) in [5.41, 5.74) is 0. The number of carboxylic acids is 5. The first-order valence-corrected chi connectivity index (χ1v) is 48.0. The van der Waals surface area contributed by atoms with Crippen LogP contribution in [0.1, 0.15) is 52.9 Å². The molecular weight excluding hydrogens is 1760 g/mol. The van der Waals surface area contributed by atoms with Gasteiger partial charge in [0, 0.05) is 74.8 Å². The minimum Gasteiger partial charge on any atom is -0.481 e. The lowest BCUT2D eigenvalue weighted by Crippen LogP contribution is -2.69. The average molecular weight is 1870 g/mol. The maximum atomic E-state index is 12.3. The molecule has 0 radical (unpaired) electrons. The zero-order valence-corrected chi connectivity index (χ0v) is 71.2. The van der Waals surface area contributed by atoms with Crippen LogP contribution in [-0.2, 0) is 99.8 Å². The molecule has 21 N–H and O–H groups in total. The lowest BCUT2D eigenvalue weighted by molar-refractivity contribution is -0.396. The van der Waals surface area contributed by atoms with Crippen LogP contribution in [0.15, 0.2) is 0 Å². The zero-order valence-electron chi connectivity index (χ0n) is 64.7. The van der Waals surface area contributed by atoms with Gasteiger partial charge in [-0.3, -0.25) is 24.0 Å². The average Bonchev–Trinajstić information content (AvgIpc) is 0.770. The molecule has 8 unspecified atom stereocenters. The van der Waals surface area contributed by atoms with Crippen molar-refractivity contribution in [2.45, 2.75) is 299 Å². The maximum absolute atomic E-state index is 12.3. The van der Waals surface area contributed by atoms with Crippen LogP contribution in [0.25, 0.3) is 0 Å². The minimum absolute atomic E-state index is 0.0165. The van der Waals surface area contributed by atoms with Crippen LogP contribution in [0.3, 0.4) is 0 Å². The van der Waals surface area contributed by atoms with E-state index in [0.29, 0.717) is 17.3 Å². The van der Waals surface area contributed by atoms with Crippen molar-refractivity contribution < 1.29 is 207 Å². The predicted octanol–water partition coefficient (Wildman–Crippen LogP) is -6.05. The molecule has 0 saturated carbocycles. The van der Waals surface area contributed by atoms with Gasteiger partial charge >= 0.3 is 29.8 Å².